The average Bonchev–Trinajstić information content (AvgIpc) is 3.15. The van der Waals surface area contributed by atoms with Gasteiger partial charge in [-0.15, -0.1) is 11.3 Å². The number of rotatable bonds is 6. The molecule has 0 unspecified atom stereocenters. The molecule has 1 aromatic carbocycles. The van der Waals surface area contributed by atoms with Gasteiger partial charge in [0.05, 0.1) is 23.0 Å². The minimum atomic E-state index is -0.998. The predicted molar refractivity (Wildman–Crippen MR) is 116 cm³/mol. The maximum atomic E-state index is 11.3. The van der Waals surface area contributed by atoms with Crippen LogP contribution < -0.4 is 10.6 Å². The van der Waals surface area contributed by atoms with E-state index in [2.05, 4.69) is 20.6 Å². The Hall–Kier alpha value is -2.26. The number of thiocarbonyl (C=S) groups is 1. The third-order valence-corrected chi connectivity index (χ3v) is 5.35. The van der Waals surface area contributed by atoms with Crippen LogP contribution in [0.5, 0.6) is 0 Å². The number of carboxylic acids is 1. The quantitative estimate of drug-likeness (QED) is 0.452. The highest BCUT2D eigenvalue weighted by Gasteiger charge is 2.20. The second-order valence-corrected chi connectivity index (χ2v) is 7.86. The number of halogens is 2. The van der Waals surface area contributed by atoms with E-state index < -0.39 is 12.0 Å². The summed E-state index contributed by atoms with van der Waals surface area (Å²) in [7, 11) is 0. The van der Waals surface area contributed by atoms with Crippen molar-refractivity contribution in [3.05, 3.63) is 63.6 Å². The van der Waals surface area contributed by atoms with Crippen molar-refractivity contribution in [2.24, 2.45) is 0 Å². The molecule has 0 fully saturated rings. The Bertz CT molecular complexity index is 999. The van der Waals surface area contributed by atoms with Gasteiger partial charge in [-0.1, -0.05) is 35.3 Å². The third-order valence-electron chi connectivity index (χ3n) is 3.68. The van der Waals surface area contributed by atoms with Crippen LogP contribution in [-0.4, -0.2) is 26.2 Å². The van der Waals surface area contributed by atoms with Crippen LogP contribution in [0.4, 0.5) is 5.95 Å². The van der Waals surface area contributed by atoms with Gasteiger partial charge in [-0.25, -0.2) is 9.97 Å². The number of thiophene rings is 1. The molecule has 0 aliphatic carbocycles. The SMILES string of the molecule is O=C(O)C[C@@H](NC(=S)Nc1nccc(-c2cccs2)n1)c1ccc(Cl)cc1Cl. The monoisotopic (exact) mass is 452 g/mol. The summed E-state index contributed by atoms with van der Waals surface area (Å²) in [4.78, 5) is 20.9. The number of nitrogens with one attached hydrogen (secondary N) is 2. The molecule has 3 rings (SSSR count). The molecule has 28 heavy (non-hydrogen) atoms. The lowest BCUT2D eigenvalue weighted by Gasteiger charge is -2.20. The summed E-state index contributed by atoms with van der Waals surface area (Å²) in [6, 6.07) is 9.91. The number of nitrogens with zero attached hydrogens (tertiary/aromatic N) is 2. The summed E-state index contributed by atoms with van der Waals surface area (Å²) in [6.07, 6.45) is 1.40. The van der Waals surface area contributed by atoms with Crippen LogP contribution in [0.3, 0.4) is 0 Å². The molecule has 3 N–H and O–H groups in total. The highest BCUT2D eigenvalue weighted by molar-refractivity contribution is 7.80. The van der Waals surface area contributed by atoms with Gasteiger partial charge >= 0.3 is 5.97 Å². The van der Waals surface area contributed by atoms with Crippen molar-refractivity contribution in [1.29, 1.82) is 0 Å². The molecule has 0 amide bonds. The number of aliphatic carboxylic acids is 1. The number of carboxylic acid groups (broad SMARTS) is 1. The van der Waals surface area contributed by atoms with E-state index in [-0.39, 0.29) is 11.5 Å². The molecule has 1 atom stereocenters. The smallest absolute Gasteiger partial charge is 0.305 e. The molecule has 144 valence electrons. The standard InChI is InChI=1S/C18H14Cl2N4O2S2/c19-10-3-4-11(12(20)8-10)14(9-16(25)26)23-18(27)24-17-21-6-5-13(22-17)15-2-1-7-28-15/h1-8,14H,9H2,(H,25,26)(H2,21,22,23,24,27)/t14-/m1/s1. The van der Waals surface area contributed by atoms with Crippen molar-refractivity contribution in [3.63, 3.8) is 0 Å². The molecule has 0 bridgehead atoms. The zero-order valence-electron chi connectivity index (χ0n) is 14.2. The molecule has 2 aromatic heterocycles. The Kier molecular flexibility index (Phi) is 6.79. The van der Waals surface area contributed by atoms with Gasteiger partial charge in [0.2, 0.25) is 5.95 Å². The molecule has 6 nitrogen and oxygen atoms in total. The Morgan fingerprint density at radius 2 is 2.11 bits per heavy atom. The van der Waals surface area contributed by atoms with Crippen LogP contribution >= 0.6 is 46.8 Å². The lowest BCUT2D eigenvalue weighted by atomic mass is 10.0. The predicted octanol–water partition coefficient (Wildman–Crippen LogP) is 5.01. The maximum Gasteiger partial charge on any atom is 0.305 e. The maximum absolute atomic E-state index is 11.3. The van der Waals surface area contributed by atoms with Gasteiger partial charge in [0, 0.05) is 16.2 Å². The summed E-state index contributed by atoms with van der Waals surface area (Å²) in [5, 5.41) is 18.0. The summed E-state index contributed by atoms with van der Waals surface area (Å²) in [6.45, 7) is 0. The van der Waals surface area contributed by atoms with Crippen molar-refractivity contribution in [2.75, 3.05) is 5.32 Å². The molecule has 0 aliphatic rings. The van der Waals surface area contributed by atoms with Crippen LogP contribution in [-0.2, 0) is 4.79 Å². The highest BCUT2D eigenvalue weighted by Crippen LogP contribution is 2.28. The van der Waals surface area contributed by atoms with E-state index in [1.807, 2.05) is 17.5 Å². The molecule has 0 saturated carbocycles. The van der Waals surface area contributed by atoms with Crippen LogP contribution in [0.2, 0.25) is 10.0 Å². The lowest BCUT2D eigenvalue weighted by molar-refractivity contribution is -0.137. The van der Waals surface area contributed by atoms with Gasteiger partial charge in [0.1, 0.15) is 0 Å². The van der Waals surface area contributed by atoms with Crippen LogP contribution in [0.15, 0.2) is 48.0 Å². The fourth-order valence-corrected chi connectivity index (χ4v) is 3.94. The third kappa shape index (κ3) is 5.39. The van der Waals surface area contributed by atoms with E-state index in [1.54, 1.807) is 41.8 Å². The zero-order valence-corrected chi connectivity index (χ0v) is 17.4. The van der Waals surface area contributed by atoms with Crippen molar-refractivity contribution < 1.29 is 9.90 Å². The van der Waals surface area contributed by atoms with E-state index in [0.29, 0.717) is 21.6 Å². The summed E-state index contributed by atoms with van der Waals surface area (Å²) >= 11 is 19.0. The topological polar surface area (TPSA) is 87.1 Å². The Morgan fingerprint density at radius 3 is 2.79 bits per heavy atom. The molecule has 0 radical (unpaired) electrons. The summed E-state index contributed by atoms with van der Waals surface area (Å²) in [5.74, 6) is -0.693. The molecular weight excluding hydrogens is 439 g/mol. The van der Waals surface area contributed by atoms with E-state index in [9.17, 15) is 9.90 Å². The minimum absolute atomic E-state index is 0.181. The van der Waals surface area contributed by atoms with Gasteiger partial charge in [-0.2, -0.15) is 0 Å². The number of hydrogen-bond donors (Lipinski definition) is 3. The molecule has 0 aliphatic heterocycles. The summed E-state index contributed by atoms with van der Waals surface area (Å²) in [5.41, 5.74) is 1.34. The van der Waals surface area contributed by atoms with Gasteiger partial charge in [0.15, 0.2) is 5.11 Å². The fourth-order valence-electron chi connectivity index (χ4n) is 2.47. The van der Waals surface area contributed by atoms with Crippen LogP contribution in [0.1, 0.15) is 18.0 Å². The van der Waals surface area contributed by atoms with Crippen molar-refractivity contribution in [3.8, 4) is 10.6 Å². The molecular formula is C18H14Cl2N4O2S2. The lowest BCUT2D eigenvalue weighted by Crippen LogP contribution is -2.34. The first-order valence-corrected chi connectivity index (χ1v) is 10.1. The van der Waals surface area contributed by atoms with Crippen LogP contribution in [0, 0.1) is 0 Å². The van der Waals surface area contributed by atoms with E-state index in [1.165, 1.54) is 0 Å². The van der Waals surface area contributed by atoms with Crippen molar-refractivity contribution >= 4 is 63.8 Å². The van der Waals surface area contributed by atoms with E-state index in [0.717, 1.165) is 10.6 Å². The zero-order chi connectivity index (χ0) is 20.1. The second-order valence-electron chi connectivity index (χ2n) is 5.66. The van der Waals surface area contributed by atoms with Crippen molar-refractivity contribution in [2.45, 2.75) is 12.5 Å². The molecule has 0 spiro atoms. The second kappa shape index (κ2) is 9.29. The van der Waals surface area contributed by atoms with Gasteiger partial charge < -0.3 is 15.7 Å². The van der Waals surface area contributed by atoms with Crippen LogP contribution in [0.25, 0.3) is 10.6 Å². The fraction of sp³-hybridized carbons (Fsp3) is 0.111. The van der Waals surface area contributed by atoms with Gasteiger partial charge in [-0.05, 0) is 47.4 Å². The number of carbonyl (C=O) groups is 1. The largest absolute Gasteiger partial charge is 0.481 e. The van der Waals surface area contributed by atoms with Crippen molar-refractivity contribution in [1.82, 2.24) is 15.3 Å². The van der Waals surface area contributed by atoms with E-state index >= 15 is 0 Å². The number of aromatic nitrogens is 2. The normalized spacial score (nSPS) is 11.6. The van der Waals surface area contributed by atoms with E-state index in [4.69, 9.17) is 35.4 Å². The van der Waals surface area contributed by atoms with Gasteiger partial charge in [-0.3, -0.25) is 4.79 Å². The summed E-state index contributed by atoms with van der Waals surface area (Å²) < 4.78 is 0. The Morgan fingerprint density at radius 1 is 1.29 bits per heavy atom. The van der Waals surface area contributed by atoms with Gasteiger partial charge in [0.25, 0.3) is 0 Å². The first-order valence-electron chi connectivity index (χ1n) is 8.03. The first-order chi connectivity index (χ1) is 13.4. The molecule has 2 heterocycles. The Labute approximate surface area is 180 Å². The molecule has 10 heteroatoms. The number of anilines is 1. The Balaban J connectivity index is 1.75. The number of benzene rings is 1. The average molecular weight is 453 g/mol. The number of hydrogen-bond acceptors (Lipinski definition) is 5. The minimum Gasteiger partial charge on any atom is -0.481 e. The molecule has 3 aromatic rings. The highest BCUT2D eigenvalue weighted by atomic mass is 35.5. The molecule has 0 saturated heterocycles. The first kappa shape index (κ1) is 20.5.